The summed E-state index contributed by atoms with van der Waals surface area (Å²) in [6.45, 7) is 0.673. The molecule has 1 heterocycles. The van der Waals surface area contributed by atoms with Crippen molar-refractivity contribution in [2.75, 3.05) is 6.54 Å². The van der Waals surface area contributed by atoms with Crippen molar-refractivity contribution in [3.05, 3.63) is 53.3 Å². The van der Waals surface area contributed by atoms with Gasteiger partial charge < -0.3 is 10.3 Å². The number of para-hydroxylation sites is 1. The van der Waals surface area contributed by atoms with E-state index in [1.165, 1.54) is 5.56 Å². The van der Waals surface area contributed by atoms with Gasteiger partial charge in [0.25, 0.3) is 0 Å². The maximum absolute atomic E-state index is 6.10. The standard InChI is InChI=1S/C12H13ClN2/c13-11-3-1-2-4-12(11)15-8-6-10(9-15)5-7-14/h1-4,6,8-9H,5,7,14H2. The Bertz CT molecular complexity index is 448. The molecule has 0 aliphatic rings. The van der Waals surface area contributed by atoms with Crippen molar-refractivity contribution >= 4 is 11.6 Å². The Hall–Kier alpha value is -1.25. The van der Waals surface area contributed by atoms with Crippen molar-refractivity contribution in [3.63, 3.8) is 0 Å². The molecule has 15 heavy (non-hydrogen) atoms. The third kappa shape index (κ3) is 2.22. The first-order chi connectivity index (χ1) is 7.31. The van der Waals surface area contributed by atoms with Crippen LogP contribution < -0.4 is 5.73 Å². The summed E-state index contributed by atoms with van der Waals surface area (Å²) in [6, 6.07) is 9.85. The Morgan fingerprint density at radius 2 is 2.00 bits per heavy atom. The minimum absolute atomic E-state index is 0.673. The summed E-state index contributed by atoms with van der Waals surface area (Å²) in [7, 11) is 0. The minimum atomic E-state index is 0.673. The molecule has 2 aromatic rings. The Labute approximate surface area is 94.3 Å². The van der Waals surface area contributed by atoms with Gasteiger partial charge in [-0.1, -0.05) is 23.7 Å². The monoisotopic (exact) mass is 220 g/mol. The third-order valence-corrected chi connectivity index (χ3v) is 2.64. The lowest BCUT2D eigenvalue weighted by atomic mass is 10.2. The van der Waals surface area contributed by atoms with Crippen molar-refractivity contribution in [1.82, 2.24) is 4.57 Å². The molecule has 0 aliphatic heterocycles. The highest BCUT2D eigenvalue weighted by Gasteiger charge is 2.01. The van der Waals surface area contributed by atoms with Crippen LogP contribution in [-0.4, -0.2) is 11.1 Å². The maximum atomic E-state index is 6.10. The summed E-state index contributed by atoms with van der Waals surface area (Å²) in [5, 5.41) is 0.757. The van der Waals surface area contributed by atoms with Crippen LogP contribution >= 0.6 is 11.6 Å². The fraction of sp³-hybridized carbons (Fsp3) is 0.167. The second-order valence-corrected chi connectivity index (χ2v) is 3.82. The Kier molecular flexibility index (Phi) is 3.09. The zero-order valence-electron chi connectivity index (χ0n) is 8.36. The van der Waals surface area contributed by atoms with Gasteiger partial charge in [0.15, 0.2) is 0 Å². The van der Waals surface area contributed by atoms with Crippen LogP contribution in [0, 0.1) is 0 Å². The van der Waals surface area contributed by atoms with Gasteiger partial charge in [0.05, 0.1) is 10.7 Å². The normalized spacial score (nSPS) is 10.5. The van der Waals surface area contributed by atoms with E-state index in [0.717, 1.165) is 17.1 Å². The first-order valence-electron chi connectivity index (χ1n) is 4.93. The molecule has 0 fully saturated rings. The zero-order chi connectivity index (χ0) is 10.7. The Balaban J connectivity index is 2.33. The Morgan fingerprint density at radius 3 is 2.73 bits per heavy atom. The number of benzene rings is 1. The highest BCUT2D eigenvalue weighted by Crippen LogP contribution is 2.20. The van der Waals surface area contributed by atoms with E-state index in [0.29, 0.717) is 6.54 Å². The highest BCUT2D eigenvalue weighted by atomic mass is 35.5. The molecule has 0 bridgehead atoms. The van der Waals surface area contributed by atoms with Crippen LogP contribution in [0.2, 0.25) is 5.02 Å². The summed E-state index contributed by atoms with van der Waals surface area (Å²) in [4.78, 5) is 0. The molecule has 78 valence electrons. The van der Waals surface area contributed by atoms with E-state index in [4.69, 9.17) is 17.3 Å². The lowest BCUT2D eigenvalue weighted by Crippen LogP contribution is -2.01. The number of aromatic nitrogens is 1. The summed E-state index contributed by atoms with van der Waals surface area (Å²) in [5.74, 6) is 0. The van der Waals surface area contributed by atoms with Gasteiger partial charge in [-0.2, -0.15) is 0 Å². The molecule has 0 saturated carbocycles. The molecule has 0 spiro atoms. The fourth-order valence-corrected chi connectivity index (χ4v) is 1.80. The van der Waals surface area contributed by atoms with Gasteiger partial charge in [-0.15, -0.1) is 0 Å². The molecular weight excluding hydrogens is 208 g/mol. The van der Waals surface area contributed by atoms with Crippen LogP contribution in [0.5, 0.6) is 0 Å². The van der Waals surface area contributed by atoms with Crippen LogP contribution in [0.1, 0.15) is 5.56 Å². The van der Waals surface area contributed by atoms with Gasteiger partial charge in [-0.3, -0.25) is 0 Å². The van der Waals surface area contributed by atoms with Crippen LogP contribution in [-0.2, 0) is 6.42 Å². The largest absolute Gasteiger partial charge is 0.330 e. The third-order valence-electron chi connectivity index (χ3n) is 2.32. The van der Waals surface area contributed by atoms with E-state index in [1.54, 1.807) is 0 Å². The average molecular weight is 221 g/mol. The van der Waals surface area contributed by atoms with Crippen molar-refractivity contribution in [2.45, 2.75) is 6.42 Å². The molecule has 0 saturated heterocycles. The van der Waals surface area contributed by atoms with Crippen molar-refractivity contribution in [1.29, 1.82) is 0 Å². The lowest BCUT2D eigenvalue weighted by Gasteiger charge is -2.04. The second kappa shape index (κ2) is 4.51. The van der Waals surface area contributed by atoms with Crippen LogP contribution in [0.3, 0.4) is 0 Å². The van der Waals surface area contributed by atoms with E-state index in [9.17, 15) is 0 Å². The zero-order valence-corrected chi connectivity index (χ0v) is 9.11. The highest BCUT2D eigenvalue weighted by molar-refractivity contribution is 6.32. The quantitative estimate of drug-likeness (QED) is 0.847. The molecule has 2 N–H and O–H groups in total. The molecule has 2 rings (SSSR count). The number of rotatable bonds is 3. The number of halogens is 1. The van der Waals surface area contributed by atoms with Gasteiger partial charge in [0.1, 0.15) is 0 Å². The van der Waals surface area contributed by atoms with E-state index in [1.807, 2.05) is 35.0 Å². The molecule has 0 atom stereocenters. The molecule has 0 aliphatic carbocycles. The summed E-state index contributed by atoms with van der Waals surface area (Å²) < 4.78 is 2.02. The summed E-state index contributed by atoms with van der Waals surface area (Å²) in [5.41, 5.74) is 7.74. The molecule has 0 unspecified atom stereocenters. The van der Waals surface area contributed by atoms with Gasteiger partial charge in [-0.05, 0) is 36.7 Å². The molecular formula is C12H13ClN2. The Morgan fingerprint density at radius 1 is 1.20 bits per heavy atom. The van der Waals surface area contributed by atoms with Gasteiger partial charge in [0.2, 0.25) is 0 Å². The first-order valence-corrected chi connectivity index (χ1v) is 5.31. The van der Waals surface area contributed by atoms with E-state index in [-0.39, 0.29) is 0 Å². The second-order valence-electron chi connectivity index (χ2n) is 3.42. The van der Waals surface area contributed by atoms with Crippen molar-refractivity contribution < 1.29 is 0 Å². The van der Waals surface area contributed by atoms with E-state index >= 15 is 0 Å². The van der Waals surface area contributed by atoms with Crippen LogP contribution in [0.15, 0.2) is 42.7 Å². The SMILES string of the molecule is NCCc1ccn(-c2ccccc2Cl)c1. The van der Waals surface area contributed by atoms with Gasteiger partial charge in [-0.25, -0.2) is 0 Å². The first kappa shape index (κ1) is 10.3. The topological polar surface area (TPSA) is 30.9 Å². The minimum Gasteiger partial charge on any atom is -0.330 e. The smallest absolute Gasteiger partial charge is 0.0646 e. The molecule has 1 aromatic heterocycles. The van der Waals surface area contributed by atoms with Crippen LogP contribution in [0.25, 0.3) is 5.69 Å². The lowest BCUT2D eigenvalue weighted by molar-refractivity contribution is 0.961. The molecule has 0 radical (unpaired) electrons. The number of nitrogens with zero attached hydrogens (tertiary/aromatic N) is 1. The predicted octanol–water partition coefficient (Wildman–Crippen LogP) is 2.63. The van der Waals surface area contributed by atoms with Crippen molar-refractivity contribution in [2.24, 2.45) is 5.73 Å². The van der Waals surface area contributed by atoms with Gasteiger partial charge >= 0.3 is 0 Å². The fourth-order valence-electron chi connectivity index (χ4n) is 1.57. The van der Waals surface area contributed by atoms with Crippen molar-refractivity contribution in [3.8, 4) is 5.69 Å². The maximum Gasteiger partial charge on any atom is 0.0646 e. The van der Waals surface area contributed by atoms with Crippen LogP contribution in [0.4, 0.5) is 0 Å². The molecule has 2 nitrogen and oxygen atoms in total. The molecule has 0 amide bonds. The number of hydrogen-bond acceptors (Lipinski definition) is 1. The van der Waals surface area contributed by atoms with E-state index < -0.39 is 0 Å². The average Bonchev–Trinajstić information content (AvgIpc) is 2.68. The number of nitrogens with two attached hydrogens (primary N) is 1. The van der Waals surface area contributed by atoms with E-state index in [2.05, 4.69) is 12.3 Å². The molecule has 3 heteroatoms. The predicted molar refractivity (Wildman–Crippen MR) is 63.5 cm³/mol. The summed E-state index contributed by atoms with van der Waals surface area (Å²) in [6.07, 6.45) is 4.97. The summed E-state index contributed by atoms with van der Waals surface area (Å²) >= 11 is 6.10. The molecule has 1 aromatic carbocycles. The number of hydrogen-bond donors (Lipinski definition) is 1. The van der Waals surface area contributed by atoms with Gasteiger partial charge in [0, 0.05) is 12.4 Å².